The minimum absolute atomic E-state index is 0.266. The summed E-state index contributed by atoms with van der Waals surface area (Å²) < 4.78 is 5.14. The Kier molecular flexibility index (Phi) is 3.91. The molecule has 1 aliphatic carbocycles. The van der Waals surface area contributed by atoms with Gasteiger partial charge in [-0.05, 0) is 31.9 Å². The van der Waals surface area contributed by atoms with Crippen LogP contribution in [0.25, 0.3) is 0 Å². The molecule has 114 valence electrons. The average molecular weight is 298 g/mol. The van der Waals surface area contributed by atoms with Gasteiger partial charge in [-0.3, -0.25) is 4.79 Å². The number of aromatic nitrogens is 2. The second-order valence-electron chi connectivity index (χ2n) is 5.29. The number of methoxy groups -OCH3 is 1. The summed E-state index contributed by atoms with van der Waals surface area (Å²) in [5.74, 6) is 1.69. The molecule has 6 nitrogen and oxygen atoms in total. The van der Waals surface area contributed by atoms with E-state index in [4.69, 9.17) is 4.74 Å². The molecule has 0 saturated heterocycles. The highest BCUT2D eigenvalue weighted by Gasteiger charge is 2.22. The van der Waals surface area contributed by atoms with Crippen molar-refractivity contribution in [3.8, 4) is 5.75 Å². The van der Waals surface area contributed by atoms with Crippen LogP contribution in [0.2, 0.25) is 0 Å². The van der Waals surface area contributed by atoms with Gasteiger partial charge in [0.05, 0.1) is 7.11 Å². The molecule has 0 radical (unpaired) electrons. The third-order valence-electron chi connectivity index (χ3n) is 3.33. The number of ether oxygens (including phenoxy) is 1. The molecule has 1 aliphatic rings. The van der Waals surface area contributed by atoms with E-state index in [1.807, 2.05) is 12.1 Å². The summed E-state index contributed by atoms with van der Waals surface area (Å²) in [7, 11) is 1.59. The molecule has 1 amide bonds. The van der Waals surface area contributed by atoms with Crippen LogP contribution in [0.4, 0.5) is 11.5 Å². The molecule has 2 N–H and O–H groups in total. The molecule has 3 rings (SSSR count). The van der Waals surface area contributed by atoms with Gasteiger partial charge in [-0.25, -0.2) is 9.97 Å². The van der Waals surface area contributed by atoms with Gasteiger partial charge in [-0.15, -0.1) is 0 Å². The maximum atomic E-state index is 12.3. The molecule has 1 heterocycles. The number of aryl methyl sites for hydroxylation is 1. The van der Waals surface area contributed by atoms with Gasteiger partial charge in [0.25, 0.3) is 5.91 Å². The zero-order valence-corrected chi connectivity index (χ0v) is 12.6. The summed E-state index contributed by atoms with van der Waals surface area (Å²) >= 11 is 0. The Bertz CT molecular complexity index is 698. The molecule has 1 aromatic heterocycles. The quantitative estimate of drug-likeness (QED) is 0.887. The van der Waals surface area contributed by atoms with Crippen molar-refractivity contribution in [2.75, 3.05) is 17.7 Å². The molecular weight excluding hydrogens is 280 g/mol. The van der Waals surface area contributed by atoms with Gasteiger partial charge in [-0.1, -0.05) is 6.07 Å². The van der Waals surface area contributed by atoms with Gasteiger partial charge in [-0.2, -0.15) is 0 Å². The summed E-state index contributed by atoms with van der Waals surface area (Å²) in [5.41, 5.74) is 1.01. The van der Waals surface area contributed by atoms with Crippen molar-refractivity contribution in [3.05, 3.63) is 41.9 Å². The van der Waals surface area contributed by atoms with E-state index < -0.39 is 0 Å². The van der Waals surface area contributed by atoms with Crippen LogP contribution in [0.3, 0.4) is 0 Å². The zero-order chi connectivity index (χ0) is 15.5. The highest BCUT2D eigenvalue weighted by atomic mass is 16.5. The maximum Gasteiger partial charge on any atom is 0.274 e. The molecule has 22 heavy (non-hydrogen) atoms. The van der Waals surface area contributed by atoms with Crippen molar-refractivity contribution in [2.45, 2.75) is 25.8 Å². The lowest BCUT2D eigenvalue weighted by molar-refractivity contribution is 0.102. The van der Waals surface area contributed by atoms with Crippen LogP contribution < -0.4 is 15.4 Å². The lowest BCUT2D eigenvalue weighted by atomic mass is 10.2. The Labute approximate surface area is 128 Å². The van der Waals surface area contributed by atoms with Crippen molar-refractivity contribution in [3.63, 3.8) is 0 Å². The number of amides is 1. The van der Waals surface area contributed by atoms with Gasteiger partial charge in [0, 0.05) is 23.9 Å². The van der Waals surface area contributed by atoms with E-state index in [9.17, 15) is 4.79 Å². The second-order valence-corrected chi connectivity index (χ2v) is 5.29. The number of anilines is 2. The van der Waals surface area contributed by atoms with Gasteiger partial charge in [0.2, 0.25) is 0 Å². The fourth-order valence-corrected chi connectivity index (χ4v) is 2.09. The summed E-state index contributed by atoms with van der Waals surface area (Å²) in [5, 5.41) is 6.10. The standard InChI is InChI=1S/C16H18N4O2/c1-10-17-14(9-15(18-10)19-11-6-7-11)16(21)20-12-4-3-5-13(8-12)22-2/h3-5,8-9,11H,6-7H2,1-2H3,(H,20,21)(H,17,18,19). The molecule has 6 heteroatoms. The highest BCUT2D eigenvalue weighted by Crippen LogP contribution is 2.24. The first-order chi connectivity index (χ1) is 10.6. The Balaban J connectivity index is 1.77. The predicted octanol–water partition coefficient (Wildman–Crippen LogP) is 2.62. The predicted molar refractivity (Wildman–Crippen MR) is 84.4 cm³/mol. The van der Waals surface area contributed by atoms with Crippen molar-refractivity contribution >= 4 is 17.4 Å². The highest BCUT2D eigenvalue weighted by molar-refractivity contribution is 6.03. The molecule has 1 fully saturated rings. The molecule has 0 spiro atoms. The maximum absolute atomic E-state index is 12.3. The Hall–Kier alpha value is -2.63. The Morgan fingerprint density at radius 2 is 2.09 bits per heavy atom. The second kappa shape index (κ2) is 6.01. The largest absolute Gasteiger partial charge is 0.497 e. The third kappa shape index (κ3) is 3.52. The van der Waals surface area contributed by atoms with Gasteiger partial charge >= 0.3 is 0 Å². The van der Waals surface area contributed by atoms with Crippen LogP contribution in [-0.4, -0.2) is 29.0 Å². The van der Waals surface area contributed by atoms with E-state index >= 15 is 0 Å². The van der Waals surface area contributed by atoms with Gasteiger partial charge < -0.3 is 15.4 Å². The fourth-order valence-electron chi connectivity index (χ4n) is 2.09. The van der Waals surface area contributed by atoms with Crippen molar-refractivity contribution in [2.24, 2.45) is 0 Å². The first-order valence-corrected chi connectivity index (χ1v) is 7.21. The molecule has 0 aliphatic heterocycles. The van der Waals surface area contributed by atoms with Crippen molar-refractivity contribution in [1.82, 2.24) is 9.97 Å². The number of hydrogen-bond donors (Lipinski definition) is 2. The summed E-state index contributed by atoms with van der Waals surface area (Å²) in [6, 6.07) is 9.36. The van der Waals surface area contributed by atoms with Crippen LogP contribution in [0.15, 0.2) is 30.3 Å². The van der Waals surface area contributed by atoms with Gasteiger partial charge in [0.15, 0.2) is 0 Å². The lowest BCUT2D eigenvalue weighted by Gasteiger charge is -2.09. The van der Waals surface area contributed by atoms with E-state index in [1.54, 1.807) is 32.2 Å². The minimum atomic E-state index is -0.266. The molecular formula is C16H18N4O2. The number of benzene rings is 1. The molecule has 1 aromatic carbocycles. The van der Waals surface area contributed by atoms with Crippen LogP contribution in [0.5, 0.6) is 5.75 Å². The number of carbonyl (C=O) groups excluding carboxylic acids is 1. The molecule has 0 unspecified atom stereocenters. The third-order valence-corrected chi connectivity index (χ3v) is 3.33. The molecule has 0 bridgehead atoms. The van der Waals surface area contributed by atoms with E-state index in [-0.39, 0.29) is 5.91 Å². The number of nitrogens with one attached hydrogen (secondary N) is 2. The zero-order valence-electron chi connectivity index (χ0n) is 12.6. The van der Waals surface area contributed by atoms with E-state index in [0.717, 1.165) is 12.8 Å². The van der Waals surface area contributed by atoms with Crippen LogP contribution >= 0.6 is 0 Å². The average Bonchev–Trinajstić information content (AvgIpc) is 3.30. The molecule has 0 atom stereocenters. The van der Waals surface area contributed by atoms with Crippen LogP contribution in [-0.2, 0) is 0 Å². The molecule has 2 aromatic rings. The molecule has 1 saturated carbocycles. The van der Waals surface area contributed by atoms with E-state index in [0.29, 0.717) is 34.8 Å². The number of hydrogen-bond acceptors (Lipinski definition) is 5. The number of nitrogens with zero attached hydrogens (tertiary/aromatic N) is 2. The van der Waals surface area contributed by atoms with Crippen molar-refractivity contribution in [1.29, 1.82) is 0 Å². The Morgan fingerprint density at radius 3 is 2.82 bits per heavy atom. The van der Waals surface area contributed by atoms with E-state index in [2.05, 4.69) is 20.6 Å². The van der Waals surface area contributed by atoms with Crippen molar-refractivity contribution < 1.29 is 9.53 Å². The van der Waals surface area contributed by atoms with Gasteiger partial charge in [0.1, 0.15) is 23.1 Å². The lowest BCUT2D eigenvalue weighted by Crippen LogP contribution is -2.16. The topological polar surface area (TPSA) is 76.1 Å². The first-order valence-electron chi connectivity index (χ1n) is 7.21. The first kappa shape index (κ1) is 14.3. The number of carbonyl (C=O) groups is 1. The Morgan fingerprint density at radius 1 is 1.27 bits per heavy atom. The monoisotopic (exact) mass is 298 g/mol. The summed E-state index contributed by atoms with van der Waals surface area (Å²) in [6.45, 7) is 1.78. The summed E-state index contributed by atoms with van der Waals surface area (Å²) in [4.78, 5) is 20.9. The summed E-state index contributed by atoms with van der Waals surface area (Å²) in [6.07, 6.45) is 2.29. The SMILES string of the molecule is COc1cccc(NC(=O)c2cc(NC3CC3)nc(C)n2)c1. The normalized spacial score (nSPS) is 13.5. The number of rotatable bonds is 5. The smallest absolute Gasteiger partial charge is 0.274 e. The van der Waals surface area contributed by atoms with Crippen LogP contribution in [0, 0.1) is 6.92 Å². The van der Waals surface area contributed by atoms with Crippen LogP contribution in [0.1, 0.15) is 29.2 Å². The fraction of sp³-hybridized carbons (Fsp3) is 0.312. The minimum Gasteiger partial charge on any atom is -0.497 e. The van der Waals surface area contributed by atoms with E-state index in [1.165, 1.54) is 0 Å².